The summed E-state index contributed by atoms with van der Waals surface area (Å²) in [7, 11) is -2.64. The zero-order valence-electron chi connectivity index (χ0n) is 21.7. The van der Waals surface area contributed by atoms with Gasteiger partial charge in [-0.15, -0.1) is 0 Å². The molecule has 0 saturated carbocycles. The molecule has 14 nitrogen and oxygen atoms in total. The fourth-order valence-electron chi connectivity index (χ4n) is 3.87. The molecule has 0 radical (unpaired) electrons. The number of rotatable bonds is 11. The maximum absolute atomic E-state index is 15.3. The Morgan fingerprint density at radius 3 is 2.67 bits per heavy atom. The van der Waals surface area contributed by atoms with E-state index in [2.05, 4.69) is 25.4 Å². The van der Waals surface area contributed by atoms with Gasteiger partial charge in [0.25, 0.3) is 0 Å². The molecule has 6 atom stereocenters. The van der Waals surface area contributed by atoms with E-state index in [0.29, 0.717) is 11.3 Å². The molecule has 3 aromatic rings. The lowest BCUT2D eigenvalue weighted by molar-refractivity contribution is -0.149. The van der Waals surface area contributed by atoms with E-state index in [9.17, 15) is 14.5 Å². The van der Waals surface area contributed by atoms with Crippen LogP contribution in [-0.4, -0.2) is 74.8 Å². The first-order valence-corrected chi connectivity index (χ1v) is 13.7. The highest BCUT2D eigenvalue weighted by Crippen LogP contribution is 2.46. The van der Waals surface area contributed by atoms with Gasteiger partial charge in [-0.3, -0.25) is 13.9 Å². The van der Waals surface area contributed by atoms with Gasteiger partial charge < -0.3 is 30.2 Å². The van der Waals surface area contributed by atoms with Crippen molar-refractivity contribution in [3.63, 3.8) is 0 Å². The minimum Gasteiger partial charge on any atom is -0.462 e. The Kier molecular flexibility index (Phi) is 8.67. The normalized spacial score (nSPS) is 23.5. The van der Waals surface area contributed by atoms with Gasteiger partial charge in [0.05, 0.1) is 19.0 Å². The molecule has 0 spiro atoms. The SMILES string of the molecule is CNc1nc(N)nc2c1ncn2[C@@H]1O[C@H](CO[P@@](=O)(N[C@@H](C)C(=O)OC(C)C)Oc2ccccc2)[C@@H](O)C1F. The standard InChI is InChI=1S/C23H31FN7O7P/c1-12(2)36-22(33)13(3)30-39(34,38-14-8-6-5-7-9-14)35-10-15-18(32)16(24)21(37-15)31-11-27-17-19(26-4)28-23(25)29-20(17)31/h5-9,11-13,15-16,18,21,32H,10H2,1-4H3,(H,30,34)(H3,25,26,28,29)/t13-,15+,16?,18+,21+,39-/m0/s1. The monoisotopic (exact) mass is 567 g/mol. The lowest BCUT2D eigenvalue weighted by Gasteiger charge is -2.25. The summed E-state index contributed by atoms with van der Waals surface area (Å²) in [5, 5.41) is 16.0. The van der Waals surface area contributed by atoms with Gasteiger partial charge in [-0.05, 0) is 32.9 Å². The van der Waals surface area contributed by atoms with Crippen LogP contribution in [0, 0.1) is 0 Å². The number of nitrogens with one attached hydrogen (secondary N) is 2. The van der Waals surface area contributed by atoms with Crippen molar-refractivity contribution >= 4 is 36.6 Å². The number of alkyl halides is 1. The topological polar surface area (TPSA) is 185 Å². The van der Waals surface area contributed by atoms with Crippen molar-refractivity contribution in [1.29, 1.82) is 0 Å². The van der Waals surface area contributed by atoms with E-state index in [1.807, 2.05) is 0 Å². The fraction of sp³-hybridized carbons (Fsp3) is 0.478. The first-order valence-electron chi connectivity index (χ1n) is 12.1. The molecule has 2 aromatic heterocycles. The van der Waals surface area contributed by atoms with Crippen LogP contribution in [-0.2, 0) is 23.4 Å². The Morgan fingerprint density at radius 2 is 2.00 bits per heavy atom. The number of benzene rings is 1. The third kappa shape index (κ3) is 6.45. The molecule has 1 aromatic carbocycles. The van der Waals surface area contributed by atoms with Gasteiger partial charge in [-0.25, -0.2) is 13.9 Å². The van der Waals surface area contributed by atoms with E-state index in [1.165, 1.54) is 17.8 Å². The molecule has 1 aliphatic heterocycles. The molecule has 0 amide bonds. The summed E-state index contributed by atoms with van der Waals surface area (Å²) in [5.41, 5.74) is 6.28. The molecule has 1 saturated heterocycles. The second-order valence-electron chi connectivity index (χ2n) is 9.04. The molecule has 1 fully saturated rings. The number of halogens is 1. The van der Waals surface area contributed by atoms with Gasteiger partial charge in [0.15, 0.2) is 29.4 Å². The van der Waals surface area contributed by atoms with Crippen LogP contribution < -0.4 is 20.7 Å². The highest BCUT2D eigenvalue weighted by atomic mass is 31.2. The number of aromatic nitrogens is 4. The van der Waals surface area contributed by atoms with Crippen LogP contribution in [0.2, 0.25) is 0 Å². The predicted molar refractivity (Wildman–Crippen MR) is 139 cm³/mol. The van der Waals surface area contributed by atoms with E-state index in [1.54, 1.807) is 51.2 Å². The van der Waals surface area contributed by atoms with Crippen LogP contribution in [0.4, 0.5) is 16.2 Å². The van der Waals surface area contributed by atoms with Crippen molar-refractivity contribution in [3.8, 4) is 5.75 Å². The number of hydrogen-bond acceptors (Lipinski definition) is 12. The Bertz CT molecular complexity index is 1350. The zero-order valence-corrected chi connectivity index (χ0v) is 22.6. The predicted octanol–water partition coefficient (Wildman–Crippen LogP) is 2.18. The molecular formula is C23H31FN7O7P. The van der Waals surface area contributed by atoms with Crippen LogP contribution in [0.1, 0.15) is 27.0 Å². The summed E-state index contributed by atoms with van der Waals surface area (Å²) in [6.07, 6.45) is -5.31. The van der Waals surface area contributed by atoms with E-state index in [0.717, 1.165) is 0 Å². The molecule has 212 valence electrons. The molecule has 5 N–H and O–H groups in total. The number of nitrogens with zero attached hydrogens (tertiary/aromatic N) is 4. The summed E-state index contributed by atoms with van der Waals surface area (Å²) in [6, 6.07) is 7.05. The quantitative estimate of drug-likeness (QED) is 0.195. The van der Waals surface area contributed by atoms with Crippen molar-refractivity contribution in [2.24, 2.45) is 0 Å². The number of esters is 1. The number of imidazole rings is 1. The van der Waals surface area contributed by atoms with E-state index >= 15 is 4.39 Å². The molecule has 16 heteroatoms. The summed E-state index contributed by atoms with van der Waals surface area (Å²) < 4.78 is 52.3. The van der Waals surface area contributed by atoms with Gasteiger partial charge in [0, 0.05) is 7.05 Å². The molecule has 4 rings (SSSR count). The third-order valence-electron chi connectivity index (χ3n) is 5.68. The number of aliphatic hydroxyl groups is 1. The molecule has 1 unspecified atom stereocenters. The van der Waals surface area contributed by atoms with Crippen LogP contribution >= 0.6 is 7.75 Å². The van der Waals surface area contributed by atoms with Gasteiger partial charge >= 0.3 is 13.7 Å². The molecule has 1 aliphatic rings. The highest BCUT2D eigenvalue weighted by Gasteiger charge is 2.47. The molecular weight excluding hydrogens is 536 g/mol. The van der Waals surface area contributed by atoms with Crippen LogP contribution in [0.15, 0.2) is 36.7 Å². The molecule has 39 heavy (non-hydrogen) atoms. The Balaban J connectivity index is 1.52. The second-order valence-corrected chi connectivity index (χ2v) is 10.7. The highest BCUT2D eigenvalue weighted by molar-refractivity contribution is 7.52. The number of para-hydroxylation sites is 1. The fourth-order valence-corrected chi connectivity index (χ4v) is 5.37. The number of ether oxygens (including phenoxy) is 2. The lowest BCUT2D eigenvalue weighted by atomic mass is 10.1. The number of anilines is 2. The first kappa shape index (κ1) is 28.6. The second kappa shape index (κ2) is 11.8. The number of nitrogen functional groups attached to an aromatic ring is 1. The van der Waals surface area contributed by atoms with Crippen molar-refractivity contribution in [2.75, 3.05) is 24.7 Å². The maximum Gasteiger partial charge on any atom is 0.459 e. The number of hydrogen-bond donors (Lipinski definition) is 4. The maximum atomic E-state index is 15.3. The van der Waals surface area contributed by atoms with Crippen molar-refractivity contribution in [3.05, 3.63) is 36.7 Å². The third-order valence-corrected chi connectivity index (χ3v) is 7.32. The summed E-state index contributed by atoms with van der Waals surface area (Å²) in [5.74, 6) is -0.229. The minimum absolute atomic E-state index is 0.0716. The number of carbonyl (C=O) groups is 1. The molecule has 3 heterocycles. The Labute approximate surface area is 223 Å². The van der Waals surface area contributed by atoms with Gasteiger partial charge in [-0.1, -0.05) is 18.2 Å². The summed E-state index contributed by atoms with van der Waals surface area (Å²) >= 11 is 0. The number of fused-ring (bicyclic) bond motifs is 1. The number of nitrogens with two attached hydrogens (primary N) is 1. The lowest BCUT2D eigenvalue weighted by Crippen LogP contribution is -2.37. The summed E-state index contributed by atoms with van der Waals surface area (Å²) in [6.45, 7) is 4.23. The van der Waals surface area contributed by atoms with E-state index < -0.39 is 57.1 Å². The molecule has 0 bridgehead atoms. The van der Waals surface area contributed by atoms with Gasteiger partial charge in [0.2, 0.25) is 5.95 Å². The van der Waals surface area contributed by atoms with Crippen LogP contribution in [0.3, 0.4) is 0 Å². The minimum atomic E-state index is -4.26. The van der Waals surface area contributed by atoms with Gasteiger partial charge in [-0.2, -0.15) is 15.1 Å². The van der Waals surface area contributed by atoms with Crippen molar-refractivity contribution < 1.29 is 37.4 Å². The van der Waals surface area contributed by atoms with E-state index in [-0.39, 0.29) is 17.3 Å². The van der Waals surface area contributed by atoms with Gasteiger partial charge in [0.1, 0.15) is 24.0 Å². The Morgan fingerprint density at radius 1 is 1.28 bits per heavy atom. The number of aliphatic hydroxyl groups excluding tert-OH is 1. The zero-order chi connectivity index (χ0) is 28.3. The van der Waals surface area contributed by atoms with E-state index in [4.69, 9.17) is 24.3 Å². The average Bonchev–Trinajstić information content (AvgIpc) is 3.42. The van der Waals surface area contributed by atoms with Crippen LogP contribution in [0.5, 0.6) is 5.75 Å². The Hall–Kier alpha value is -3.36. The average molecular weight is 568 g/mol. The first-order chi connectivity index (χ1) is 18.5. The molecule has 0 aliphatic carbocycles. The largest absolute Gasteiger partial charge is 0.462 e. The summed E-state index contributed by atoms with van der Waals surface area (Å²) in [4.78, 5) is 24.7. The van der Waals surface area contributed by atoms with Crippen LogP contribution in [0.25, 0.3) is 11.2 Å². The number of carbonyl (C=O) groups excluding carboxylic acids is 1. The van der Waals surface area contributed by atoms with Crippen molar-refractivity contribution in [1.82, 2.24) is 24.6 Å². The van der Waals surface area contributed by atoms with Crippen molar-refractivity contribution in [2.45, 2.75) is 57.5 Å². The smallest absolute Gasteiger partial charge is 0.459 e.